The summed E-state index contributed by atoms with van der Waals surface area (Å²) < 4.78 is 24.2. The first-order valence-corrected chi connectivity index (χ1v) is 11.6. The van der Waals surface area contributed by atoms with Crippen LogP contribution in [0.25, 0.3) is 20.8 Å². The summed E-state index contributed by atoms with van der Waals surface area (Å²) in [7, 11) is -3.24. The molecule has 1 N–H and O–H groups in total. The zero-order chi connectivity index (χ0) is 20.4. The van der Waals surface area contributed by atoms with Crippen LogP contribution in [0.3, 0.4) is 0 Å². The molecule has 7 heteroatoms. The van der Waals surface area contributed by atoms with Crippen LogP contribution in [0.15, 0.2) is 77.7 Å². The van der Waals surface area contributed by atoms with E-state index in [1.807, 2.05) is 48.5 Å². The Kier molecular flexibility index (Phi) is 5.17. The smallest absolute Gasteiger partial charge is 0.228 e. The van der Waals surface area contributed by atoms with Crippen LogP contribution in [0.2, 0.25) is 0 Å². The molecule has 29 heavy (non-hydrogen) atoms. The Labute approximate surface area is 173 Å². The number of carbonyl (C=O) groups is 1. The molecule has 0 saturated carbocycles. The number of nitrogens with zero attached hydrogens (tertiary/aromatic N) is 1. The van der Waals surface area contributed by atoms with Gasteiger partial charge in [-0.25, -0.2) is 13.4 Å². The summed E-state index contributed by atoms with van der Waals surface area (Å²) >= 11 is 1.63. The minimum atomic E-state index is -3.24. The highest BCUT2D eigenvalue weighted by atomic mass is 32.2. The van der Waals surface area contributed by atoms with Gasteiger partial charge in [0.15, 0.2) is 9.84 Å². The van der Waals surface area contributed by atoms with Gasteiger partial charge in [0.25, 0.3) is 0 Å². The first-order chi connectivity index (χ1) is 13.9. The van der Waals surface area contributed by atoms with E-state index in [-0.39, 0.29) is 17.2 Å². The number of hydrogen-bond acceptors (Lipinski definition) is 5. The maximum atomic E-state index is 12.3. The van der Waals surface area contributed by atoms with Gasteiger partial charge in [-0.05, 0) is 54.1 Å². The Morgan fingerprint density at radius 1 is 0.966 bits per heavy atom. The molecule has 0 unspecified atom stereocenters. The second kappa shape index (κ2) is 7.77. The number of rotatable bonds is 5. The van der Waals surface area contributed by atoms with Crippen LogP contribution in [0.5, 0.6) is 0 Å². The Hall–Kier alpha value is -3.03. The topological polar surface area (TPSA) is 76.1 Å². The van der Waals surface area contributed by atoms with Crippen molar-refractivity contribution in [1.82, 2.24) is 4.98 Å². The van der Waals surface area contributed by atoms with Gasteiger partial charge in [-0.1, -0.05) is 24.3 Å². The monoisotopic (exact) mass is 422 g/mol. The molecule has 0 radical (unpaired) electrons. The lowest BCUT2D eigenvalue weighted by atomic mass is 10.1. The summed E-state index contributed by atoms with van der Waals surface area (Å²) in [4.78, 5) is 17.2. The largest absolute Gasteiger partial charge is 0.326 e. The molecule has 1 heterocycles. The molecule has 3 aromatic carbocycles. The van der Waals surface area contributed by atoms with Crippen molar-refractivity contribution >= 4 is 43.0 Å². The number of aromatic nitrogens is 1. The van der Waals surface area contributed by atoms with E-state index < -0.39 is 9.84 Å². The first-order valence-electron chi connectivity index (χ1n) is 8.93. The molecule has 146 valence electrons. The van der Waals surface area contributed by atoms with E-state index in [0.29, 0.717) is 5.69 Å². The van der Waals surface area contributed by atoms with E-state index >= 15 is 0 Å². The molecule has 4 rings (SSSR count). The lowest BCUT2D eigenvalue weighted by molar-refractivity contribution is -0.115. The van der Waals surface area contributed by atoms with Crippen LogP contribution < -0.4 is 5.32 Å². The Morgan fingerprint density at radius 2 is 1.66 bits per heavy atom. The molecule has 0 fully saturated rings. The van der Waals surface area contributed by atoms with E-state index in [9.17, 15) is 13.2 Å². The predicted molar refractivity (Wildman–Crippen MR) is 117 cm³/mol. The standard InChI is InChI=1S/C22H18N2O3S2/c1-29(26,27)18-12-6-15(7-13-18)14-21(25)23-17-10-8-16(9-11-17)22-24-19-4-2-3-5-20(19)28-22/h2-13H,14H2,1H3,(H,23,25). The van der Waals surface area contributed by atoms with Gasteiger partial charge in [-0.15, -0.1) is 11.3 Å². The lowest BCUT2D eigenvalue weighted by Crippen LogP contribution is -2.14. The van der Waals surface area contributed by atoms with Crippen molar-refractivity contribution in [2.24, 2.45) is 0 Å². The highest BCUT2D eigenvalue weighted by Crippen LogP contribution is 2.30. The quantitative estimate of drug-likeness (QED) is 0.512. The molecule has 4 aromatic rings. The predicted octanol–water partition coefficient (Wildman–Crippen LogP) is 4.55. The van der Waals surface area contributed by atoms with Crippen molar-refractivity contribution in [3.8, 4) is 10.6 Å². The van der Waals surface area contributed by atoms with Crippen molar-refractivity contribution in [2.45, 2.75) is 11.3 Å². The average Bonchev–Trinajstić information content (AvgIpc) is 3.12. The van der Waals surface area contributed by atoms with Crippen molar-refractivity contribution in [3.05, 3.63) is 78.4 Å². The molecule has 0 aliphatic heterocycles. The number of anilines is 1. The third-order valence-corrected chi connectivity index (χ3v) is 6.64. The van der Waals surface area contributed by atoms with Crippen molar-refractivity contribution < 1.29 is 13.2 Å². The van der Waals surface area contributed by atoms with Crippen LogP contribution >= 0.6 is 11.3 Å². The minimum Gasteiger partial charge on any atom is -0.326 e. The first kappa shape index (κ1) is 19.3. The van der Waals surface area contributed by atoms with E-state index in [1.165, 1.54) is 12.1 Å². The van der Waals surface area contributed by atoms with Crippen molar-refractivity contribution in [3.63, 3.8) is 0 Å². The SMILES string of the molecule is CS(=O)(=O)c1ccc(CC(=O)Nc2ccc(-c3nc4ccccc4s3)cc2)cc1. The second-order valence-corrected chi connectivity index (χ2v) is 9.75. The molecule has 0 atom stereocenters. The van der Waals surface area contributed by atoms with E-state index in [2.05, 4.69) is 10.3 Å². The van der Waals surface area contributed by atoms with E-state index in [1.54, 1.807) is 23.5 Å². The number of para-hydroxylation sites is 1. The molecule has 0 saturated heterocycles. The number of hydrogen-bond donors (Lipinski definition) is 1. The lowest BCUT2D eigenvalue weighted by Gasteiger charge is -2.07. The number of thiazole rings is 1. The fourth-order valence-corrected chi connectivity index (χ4v) is 4.54. The van der Waals surface area contributed by atoms with Gasteiger partial charge in [0, 0.05) is 17.5 Å². The molecular weight excluding hydrogens is 404 g/mol. The third-order valence-electron chi connectivity index (χ3n) is 4.43. The summed E-state index contributed by atoms with van der Waals surface area (Å²) in [6.07, 6.45) is 1.33. The maximum absolute atomic E-state index is 12.3. The summed E-state index contributed by atoms with van der Waals surface area (Å²) in [5, 5.41) is 3.81. The highest BCUT2D eigenvalue weighted by Gasteiger charge is 2.10. The molecule has 0 aliphatic rings. The van der Waals surface area contributed by atoms with Crippen LogP contribution in [0.4, 0.5) is 5.69 Å². The Bertz CT molecular complexity index is 1240. The maximum Gasteiger partial charge on any atom is 0.228 e. The molecular formula is C22H18N2O3S2. The Balaban J connectivity index is 1.42. The number of sulfone groups is 1. The number of fused-ring (bicyclic) bond motifs is 1. The fraction of sp³-hybridized carbons (Fsp3) is 0.0909. The van der Waals surface area contributed by atoms with Gasteiger partial charge < -0.3 is 5.32 Å². The van der Waals surface area contributed by atoms with Gasteiger partial charge in [-0.3, -0.25) is 4.79 Å². The number of nitrogens with one attached hydrogen (secondary N) is 1. The normalized spacial score (nSPS) is 11.5. The van der Waals surface area contributed by atoms with Crippen LogP contribution in [0.1, 0.15) is 5.56 Å². The zero-order valence-corrected chi connectivity index (χ0v) is 17.3. The molecule has 1 aromatic heterocycles. The minimum absolute atomic E-state index is 0.162. The van der Waals surface area contributed by atoms with Crippen molar-refractivity contribution in [2.75, 3.05) is 11.6 Å². The van der Waals surface area contributed by atoms with Crippen LogP contribution in [0, 0.1) is 0 Å². The Morgan fingerprint density at radius 3 is 2.31 bits per heavy atom. The van der Waals surface area contributed by atoms with Gasteiger partial charge in [-0.2, -0.15) is 0 Å². The zero-order valence-electron chi connectivity index (χ0n) is 15.6. The highest BCUT2D eigenvalue weighted by molar-refractivity contribution is 7.90. The molecule has 5 nitrogen and oxygen atoms in total. The van der Waals surface area contributed by atoms with Gasteiger partial charge in [0.1, 0.15) is 5.01 Å². The van der Waals surface area contributed by atoms with Gasteiger partial charge >= 0.3 is 0 Å². The fourth-order valence-electron chi connectivity index (χ4n) is 2.94. The molecule has 0 spiro atoms. The number of benzene rings is 3. The third kappa shape index (κ3) is 4.52. The van der Waals surface area contributed by atoms with Crippen molar-refractivity contribution in [1.29, 1.82) is 0 Å². The molecule has 0 bridgehead atoms. The summed E-state index contributed by atoms with van der Waals surface area (Å²) in [6, 6.07) is 21.9. The molecule has 0 aliphatic carbocycles. The number of amides is 1. The number of carbonyl (C=O) groups excluding carboxylic acids is 1. The van der Waals surface area contributed by atoms with Gasteiger partial charge in [0.05, 0.1) is 21.5 Å². The summed E-state index contributed by atoms with van der Waals surface area (Å²) in [6.45, 7) is 0. The average molecular weight is 423 g/mol. The molecule has 1 amide bonds. The van der Waals surface area contributed by atoms with Gasteiger partial charge in [0.2, 0.25) is 5.91 Å². The summed E-state index contributed by atoms with van der Waals surface area (Å²) in [5.74, 6) is -0.162. The van der Waals surface area contributed by atoms with Crippen LogP contribution in [-0.2, 0) is 21.1 Å². The van der Waals surface area contributed by atoms with Crippen LogP contribution in [-0.4, -0.2) is 25.6 Å². The van der Waals surface area contributed by atoms with E-state index in [0.717, 1.165) is 32.6 Å². The van der Waals surface area contributed by atoms with E-state index in [4.69, 9.17) is 0 Å². The second-order valence-electron chi connectivity index (χ2n) is 6.71. The summed E-state index contributed by atoms with van der Waals surface area (Å²) in [5.41, 5.74) is 3.43.